The van der Waals surface area contributed by atoms with Crippen molar-refractivity contribution in [2.45, 2.75) is 25.9 Å². The van der Waals surface area contributed by atoms with Gasteiger partial charge in [0.1, 0.15) is 0 Å². The van der Waals surface area contributed by atoms with Crippen molar-refractivity contribution in [2.24, 2.45) is 0 Å². The number of aliphatic hydroxyl groups excluding tert-OH is 1. The Morgan fingerprint density at radius 1 is 1.36 bits per heavy atom. The molecule has 0 aliphatic carbocycles. The minimum absolute atomic E-state index is 0.0727. The second-order valence-electron chi connectivity index (χ2n) is 5.60. The molecule has 22 heavy (non-hydrogen) atoms. The van der Waals surface area contributed by atoms with E-state index in [9.17, 15) is 9.90 Å². The first-order valence-electron chi connectivity index (χ1n) is 7.34. The zero-order valence-corrected chi connectivity index (χ0v) is 13.1. The number of β-amino-alcohol motifs (C(OH)–C–C–N with tert-alkyl or cyclic N) is 1. The SMILES string of the molecule is Cc1nn(-c2ccc(Cl)cc2)cc1C(=O)N1CCCC(O)C1. The number of benzene rings is 1. The number of halogens is 1. The molecule has 2 aromatic rings. The second-order valence-corrected chi connectivity index (χ2v) is 6.03. The quantitative estimate of drug-likeness (QED) is 0.925. The van der Waals surface area contributed by atoms with Crippen LogP contribution in [0.3, 0.4) is 0 Å². The molecule has 3 rings (SSSR count). The summed E-state index contributed by atoms with van der Waals surface area (Å²) < 4.78 is 1.68. The van der Waals surface area contributed by atoms with Crippen LogP contribution in [0.5, 0.6) is 0 Å². The minimum atomic E-state index is -0.427. The zero-order valence-electron chi connectivity index (χ0n) is 12.4. The zero-order chi connectivity index (χ0) is 15.7. The van der Waals surface area contributed by atoms with Crippen LogP contribution in [0.4, 0.5) is 0 Å². The van der Waals surface area contributed by atoms with Crippen LogP contribution in [0.2, 0.25) is 5.02 Å². The summed E-state index contributed by atoms with van der Waals surface area (Å²) in [5.74, 6) is -0.0727. The van der Waals surface area contributed by atoms with Gasteiger partial charge in [0.15, 0.2) is 0 Å². The molecule has 0 saturated carbocycles. The van der Waals surface area contributed by atoms with Crippen molar-refractivity contribution in [3.05, 3.63) is 46.7 Å². The molecular formula is C16H18ClN3O2. The van der Waals surface area contributed by atoms with Gasteiger partial charge in [0.2, 0.25) is 0 Å². The summed E-state index contributed by atoms with van der Waals surface area (Å²) in [5.41, 5.74) is 2.11. The van der Waals surface area contributed by atoms with Crippen molar-refractivity contribution in [1.82, 2.24) is 14.7 Å². The van der Waals surface area contributed by atoms with E-state index in [0.29, 0.717) is 29.4 Å². The Morgan fingerprint density at radius 3 is 2.77 bits per heavy atom. The fraction of sp³-hybridized carbons (Fsp3) is 0.375. The van der Waals surface area contributed by atoms with Crippen LogP contribution in [0.1, 0.15) is 28.9 Å². The highest BCUT2D eigenvalue weighted by Crippen LogP contribution is 2.18. The molecule has 0 bridgehead atoms. The van der Waals surface area contributed by atoms with Crippen LogP contribution in [-0.2, 0) is 0 Å². The molecule has 6 heteroatoms. The number of aliphatic hydroxyl groups is 1. The molecule has 0 spiro atoms. The molecule has 1 N–H and O–H groups in total. The van der Waals surface area contributed by atoms with Crippen LogP contribution < -0.4 is 0 Å². The van der Waals surface area contributed by atoms with Crippen molar-refractivity contribution >= 4 is 17.5 Å². The van der Waals surface area contributed by atoms with E-state index >= 15 is 0 Å². The highest BCUT2D eigenvalue weighted by molar-refractivity contribution is 6.30. The Labute approximate surface area is 134 Å². The number of amides is 1. The number of carbonyl (C=O) groups is 1. The van der Waals surface area contributed by atoms with Gasteiger partial charge < -0.3 is 10.0 Å². The lowest BCUT2D eigenvalue weighted by Crippen LogP contribution is -2.42. The van der Waals surface area contributed by atoms with E-state index in [1.165, 1.54) is 0 Å². The van der Waals surface area contributed by atoms with E-state index in [1.807, 2.05) is 19.1 Å². The summed E-state index contributed by atoms with van der Waals surface area (Å²) in [5, 5.41) is 14.8. The number of rotatable bonds is 2. The van der Waals surface area contributed by atoms with Gasteiger partial charge in [-0.25, -0.2) is 4.68 Å². The largest absolute Gasteiger partial charge is 0.391 e. The predicted molar refractivity (Wildman–Crippen MR) is 84.5 cm³/mol. The van der Waals surface area contributed by atoms with Gasteiger partial charge in [-0.05, 0) is 44.0 Å². The van der Waals surface area contributed by atoms with Gasteiger partial charge >= 0.3 is 0 Å². The molecule has 5 nitrogen and oxygen atoms in total. The number of piperidine rings is 1. The molecule has 0 radical (unpaired) electrons. The van der Waals surface area contributed by atoms with Crippen molar-refractivity contribution in [3.63, 3.8) is 0 Å². The van der Waals surface area contributed by atoms with E-state index in [1.54, 1.807) is 27.9 Å². The van der Waals surface area contributed by atoms with Gasteiger partial charge in [0.05, 0.1) is 23.0 Å². The van der Waals surface area contributed by atoms with Gasteiger partial charge in [0.25, 0.3) is 5.91 Å². The Kier molecular flexibility index (Phi) is 4.18. The van der Waals surface area contributed by atoms with Gasteiger partial charge in [-0.2, -0.15) is 5.10 Å². The molecule has 1 unspecified atom stereocenters. The standard InChI is InChI=1S/C16H18ClN3O2/c1-11-15(16(22)19-8-2-3-14(21)9-19)10-20(18-11)13-6-4-12(17)5-7-13/h4-7,10,14,21H,2-3,8-9H2,1H3. The summed E-state index contributed by atoms with van der Waals surface area (Å²) in [6.45, 7) is 2.89. The summed E-state index contributed by atoms with van der Waals surface area (Å²) in [7, 11) is 0. The number of aromatic nitrogens is 2. The summed E-state index contributed by atoms with van der Waals surface area (Å²) in [4.78, 5) is 14.3. The van der Waals surface area contributed by atoms with Crippen LogP contribution >= 0.6 is 11.6 Å². The monoisotopic (exact) mass is 319 g/mol. The van der Waals surface area contributed by atoms with E-state index in [-0.39, 0.29) is 5.91 Å². The first-order chi connectivity index (χ1) is 10.5. The molecule has 1 aliphatic heterocycles. The third-order valence-electron chi connectivity index (χ3n) is 3.90. The lowest BCUT2D eigenvalue weighted by molar-refractivity contribution is 0.0473. The second kappa shape index (κ2) is 6.10. The summed E-state index contributed by atoms with van der Waals surface area (Å²) in [6, 6.07) is 7.29. The molecule has 116 valence electrons. The maximum absolute atomic E-state index is 12.6. The topological polar surface area (TPSA) is 58.4 Å². The average molecular weight is 320 g/mol. The van der Waals surface area contributed by atoms with Crippen molar-refractivity contribution < 1.29 is 9.90 Å². The molecule has 1 aromatic heterocycles. The Bertz CT molecular complexity index is 681. The fourth-order valence-corrected chi connectivity index (χ4v) is 2.83. The number of aryl methyl sites for hydroxylation is 1. The van der Waals surface area contributed by atoms with Gasteiger partial charge in [-0.3, -0.25) is 4.79 Å². The van der Waals surface area contributed by atoms with E-state index in [2.05, 4.69) is 5.10 Å². The third kappa shape index (κ3) is 3.00. The third-order valence-corrected chi connectivity index (χ3v) is 4.16. The van der Waals surface area contributed by atoms with Crippen LogP contribution in [0.15, 0.2) is 30.5 Å². The van der Waals surface area contributed by atoms with Gasteiger partial charge in [-0.1, -0.05) is 11.6 Å². The smallest absolute Gasteiger partial charge is 0.257 e. The van der Waals surface area contributed by atoms with Crippen molar-refractivity contribution in [2.75, 3.05) is 13.1 Å². The van der Waals surface area contributed by atoms with E-state index < -0.39 is 6.10 Å². The lowest BCUT2D eigenvalue weighted by Gasteiger charge is -2.29. The molecular weight excluding hydrogens is 302 g/mol. The Hall–Kier alpha value is -1.85. The van der Waals surface area contributed by atoms with Crippen LogP contribution in [-0.4, -0.2) is 44.9 Å². The highest BCUT2D eigenvalue weighted by atomic mass is 35.5. The van der Waals surface area contributed by atoms with Crippen molar-refractivity contribution in [1.29, 1.82) is 0 Å². The highest BCUT2D eigenvalue weighted by Gasteiger charge is 2.25. The number of hydrogen-bond acceptors (Lipinski definition) is 3. The number of nitrogens with zero attached hydrogens (tertiary/aromatic N) is 3. The fourth-order valence-electron chi connectivity index (χ4n) is 2.71. The Balaban J connectivity index is 1.85. The number of carbonyl (C=O) groups excluding carboxylic acids is 1. The predicted octanol–water partition coefficient (Wildman–Crippen LogP) is 2.43. The number of hydrogen-bond donors (Lipinski definition) is 1. The van der Waals surface area contributed by atoms with Crippen molar-refractivity contribution in [3.8, 4) is 5.69 Å². The first kappa shape index (κ1) is 15.1. The molecule has 1 aromatic carbocycles. The van der Waals surface area contributed by atoms with Gasteiger partial charge in [-0.15, -0.1) is 0 Å². The minimum Gasteiger partial charge on any atom is -0.391 e. The maximum atomic E-state index is 12.6. The lowest BCUT2D eigenvalue weighted by atomic mass is 10.1. The van der Waals surface area contributed by atoms with E-state index in [4.69, 9.17) is 11.6 Å². The molecule has 1 amide bonds. The van der Waals surface area contributed by atoms with Crippen LogP contribution in [0.25, 0.3) is 5.69 Å². The normalized spacial score (nSPS) is 18.5. The maximum Gasteiger partial charge on any atom is 0.257 e. The first-order valence-corrected chi connectivity index (χ1v) is 7.72. The molecule has 1 atom stereocenters. The molecule has 1 saturated heterocycles. The van der Waals surface area contributed by atoms with E-state index in [0.717, 1.165) is 18.5 Å². The Morgan fingerprint density at radius 2 is 2.09 bits per heavy atom. The summed E-state index contributed by atoms with van der Waals surface area (Å²) >= 11 is 5.89. The number of likely N-dealkylation sites (tertiary alicyclic amines) is 1. The molecule has 1 aliphatic rings. The molecule has 2 heterocycles. The van der Waals surface area contributed by atoms with Gasteiger partial charge in [0, 0.05) is 24.3 Å². The molecule has 1 fully saturated rings. The average Bonchev–Trinajstić information content (AvgIpc) is 2.89. The van der Waals surface area contributed by atoms with Crippen LogP contribution in [0, 0.1) is 6.92 Å². The summed E-state index contributed by atoms with van der Waals surface area (Å²) in [6.07, 6.45) is 2.90.